The second kappa shape index (κ2) is 8.95. The molecule has 0 radical (unpaired) electrons. The van der Waals surface area contributed by atoms with Crippen LogP contribution in [0.3, 0.4) is 0 Å². The van der Waals surface area contributed by atoms with Gasteiger partial charge in [0.1, 0.15) is 5.92 Å². The minimum absolute atomic E-state index is 0.155. The normalized spacial score (nSPS) is 24.1. The van der Waals surface area contributed by atoms with E-state index in [9.17, 15) is 24.0 Å². The Balaban J connectivity index is 1.79. The highest BCUT2D eigenvalue weighted by molar-refractivity contribution is 6.40. The van der Waals surface area contributed by atoms with Crippen LogP contribution >= 0.6 is 0 Å². The van der Waals surface area contributed by atoms with Crippen molar-refractivity contribution in [3.05, 3.63) is 47.1 Å². The fourth-order valence-electron chi connectivity index (χ4n) is 5.34. The molecule has 1 unspecified atom stereocenters. The summed E-state index contributed by atoms with van der Waals surface area (Å²) in [5.74, 6) is -4.46. The van der Waals surface area contributed by atoms with Crippen LogP contribution in [0.2, 0.25) is 0 Å². The van der Waals surface area contributed by atoms with Gasteiger partial charge in [-0.05, 0) is 82.2 Å². The fourth-order valence-corrected chi connectivity index (χ4v) is 5.34. The van der Waals surface area contributed by atoms with Crippen molar-refractivity contribution in [2.24, 2.45) is 22.7 Å². The first-order chi connectivity index (χ1) is 16.9. The minimum atomic E-state index is -1.69. The quantitative estimate of drug-likeness (QED) is 0.437. The van der Waals surface area contributed by atoms with Crippen LogP contribution in [0.1, 0.15) is 58.4 Å². The number of allylic oxidation sites excluding steroid dienone is 4. The molecule has 0 aromatic heterocycles. The molecule has 2 saturated carbocycles. The molecule has 0 aliphatic heterocycles. The number of ether oxygens (including phenoxy) is 2. The standard InChI is InChI=1S/C29H32O7/c1-28(2)25(32)22(26(33)29(3,4)27(28)34)24(31)19-13-16(15-7-8-15)9-11-18(23(19)30)17-10-12-20(35-5)21(14-17)36-6/h9-10,12-15,18,22H,7-8,11H2,1-6H3. The van der Waals surface area contributed by atoms with Gasteiger partial charge in [0.05, 0.1) is 36.5 Å². The molecule has 190 valence electrons. The molecule has 3 aliphatic carbocycles. The predicted octanol–water partition coefficient (Wildman–Crippen LogP) is 3.98. The first-order valence-corrected chi connectivity index (χ1v) is 12.2. The number of benzene rings is 1. The van der Waals surface area contributed by atoms with Crippen LogP contribution < -0.4 is 9.47 Å². The maximum Gasteiger partial charge on any atom is 0.184 e. The van der Waals surface area contributed by atoms with Crippen molar-refractivity contribution in [1.29, 1.82) is 0 Å². The van der Waals surface area contributed by atoms with Gasteiger partial charge < -0.3 is 9.47 Å². The third kappa shape index (κ3) is 4.04. The summed E-state index contributed by atoms with van der Waals surface area (Å²) in [5.41, 5.74) is -1.66. The summed E-state index contributed by atoms with van der Waals surface area (Å²) in [6, 6.07) is 5.17. The topological polar surface area (TPSA) is 104 Å². The van der Waals surface area contributed by atoms with Gasteiger partial charge in [0.2, 0.25) is 0 Å². The van der Waals surface area contributed by atoms with Gasteiger partial charge in [-0.1, -0.05) is 12.1 Å². The van der Waals surface area contributed by atoms with Crippen molar-refractivity contribution in [1.82, 2.24) is 0 Å². The summed E-state index contributed by atoms with van der Waals surface area (Å²) in [6.45, 7) is 5.77. The SMILES string of the molecule is COc1ccc(C2CC=C(C3CC3)C=C(C(=O)C3C(=O)C(C)(C)C(=O)C(C)(C)C3=O)C2=O)cc1OC. The van der Waals surface area contributed by atoms with E-state index in [0.29, 0.717) is 23.5 Å². The Labute approximate surface area is 210 Å². The summed E-state index contributed by atoms with van der Waals surface area (Å²) in [4.78, 5) is 67.3. The molecule has 0 N–H and O–H groups in total. The third-order valence-electron chi connectivity index (χ3n) is 7.76. The second-order valence-electron chi connectivity index (χ2n) is 10.9. The molecule has 36 heavy (non-hydrogen) atoms. The van der Waals surface area contributed by atoms with Crippen LogP contribution in [0.15, 0.2) is 41.5 Å². The second-order valence-corrected chi connectivity index (χ2v) is 10.9. The first kappa shape index (κ1) is 25.7. The van der Waals surface area contributed by atoms with Gasteiger partial charge in [-0.2, -0.15) is 0 Å². The van der Waals surface area contributed by atoms with E-state index in [1.165, 1.54) is 41.9 Å². The van der Waals surface area contributed by atoms with Crippen LogP contribution in [0.4, 0.5) is 0 Å². The number of methoxy groups -OCH3 is 2. The van der Waals surface area contributed by atoms with Crippen LogP contribution in [0.25, 0.3) is 0 Å². The Bertz CT molecular complexity index is 1210. The summed E-state index contributed by atoms with van der Waals surface area (Å²) in [7, 11) is 3.02. The van der Waals surface area contributed by atoms with Crippen molar-refractivity contribution in [3.8, 4) is 11.5 Å². The largest absolute Gasteiger partial charge is 0.493 e. The lowest BCUT2D eigenvalue weighted by Gasteiger charge is -2.40. The molecule has 7 heteroatoms. The number of hydrogen-bond acceptors (Lipinski definition) is 7. The Morgan fingerprint density at radius 3 is 2.00 bits per heavy atom. The molecular formula is C29H32O7. The van der Waals surface area contributed by atoms with E-state index in [0.717, 1.165) is 18.4 Å². The lowest BCUT2D eigenvalue weighted by atomic mass is 9.57. The number of rotatable bonds is 6. The molecular weight excluding hydrogens is 460 g/mol. The van der Waals surface area contributed by atoms with E-state index in [-0.39, 0.29) is 11.5 Å². The van der Waals surface area contributed by atoms with Gasteiger partial charge >= 0.3 is 0 Å². The average molecular weight is 493 g/mol. The Morgan fingerprint density at radius 2 is 1.47 bits per heavy atom. The van der Waals surface area contributed by atoms with Gasteiger partial charge in [0, 0.05) is 0 Å². The molecule has 0 amide bonds. The lowest BCUT2D eigenvalue weighted by Crippen LogP contribution is -2.59. The molecule has 4 rings (SSSR count). The lowest BCUT2D eigenvalue weighted by molar-refractivity contribution is -0.161. The minimum Gasteiger partial charge on any atom is -0.493 e. The Hall–Kier alpha value is -3.35. The van der Waals surface area contributed by atoms with E-state index in [1.807, 2.05) is 6.08 Å². The number of carbonyl (C=O) groups is 5. The first-order valence-electron chi connectivity index (χ1n) is 12.2. The maximum absolute atomic E-state index is 13.9. The van der Waals surface area contributed by atoms with Gasteiger partial charge in [-0.25, -0.2) is 0 Å². The summed E-state index contributed by atoms with van der Waals surface area (Å²) < 4.78 is 10.7. The number of carbonyl (C=O) groups excluding carboxylic acids is 5. The summed E-state index contributed by atoms with van der Waals surface area (Å²) in [5, 5.41) is 0. The van der Waals surface area contributed by atoms with E-state index in [1.54, 1.807) is 24.3 Å². The van der Waals surface area contributed by atoms with Gasteiger partial charge in [-0.3, -0.25) is 24.0 Å². The van der Waals surface area contributed by atoms with Gasteiger partial charge in [0.25, 0.3) is 0 Å². The van der Waals surface area contributed by atoms with E-state index in [4.69, 9.17) is 9.47 Å². The molecule has 0 saturated heterocycles. The van der Waals surface area contributed by atoms with Crippen LogP contribution in [0, 0.1) is 22.7 Å². The summed E-state index contributed by atoms with van der Waals surface area (Å²) in [6.07, 6.45) is 5.82. The fraction of sp³-hybridized carbons (Fsp3) is 0.483. The number of hydrogen-bond donors (Lipinski definition) is 0. The molecule has 0 spiro atoms. The van der Waals surface area contributed by atoms with Crippen molar-refractivity contribution in [2.75, 3.05) is 14.2 Å². The molecule has 1 atom stereocenters. The molecule has 3 aliphatic rings. The Morgan fingerprint density at radius 1 is 0.889 bits per heavy atom. The van der Waals surface area contributed by atoms with Gasteiger partial charge in [0.15, 0.2) is 40.4 Å². The zero-order valence-electron chi connectivity index (χ0n) is 21.6. The van der Waals surface area contributed by atoms with Crippen molar-refractivity contribution >= 4 is 28.9 Å². The number of Topliss-reactive ketones (excluding diaryl/α,β-unsaturated/α-hetero) is 5. The van der Waals surface area contributed by atoms with Crippen molar-refractivity contribution in [2.45, 2.75) is 52.9 Å². The van der Waals surface area contributed by atoms with E-state index < -0.39 is 51.6 Å². The van der Waals surface area contributed by atoms with Crippen molar-refractivity contribution in [3.63, 3.8) is 0 Å². The zero-order valence-corrected chi connectivity index (χ0v) is 21.6. The molecule has 1 aromatic rings. The third-order valence-corrected chi connectivity index (χ3v) is 7.76. The molecule has 7 nitrogen and oxygen atoms in total. The Kier molecular flexibility index (Phi) is 6.40. The van der Waals surface area contributed by atoms with E-state index >= 15 is 0 Å². The highest BCUT2D eigenvalue weighted by atomic mass is 16.5. The zero-order chi connectivity index (χ0) is 26.6. The summed E-state index contributed by atoms with van der Waals surface area (Å²) >= 11 is 0. The average Bonchev–Trinajstić information content (AvgIpc) is 3.70. The van der Waals surface area contributed by atoms with Gasteiger partial charge in [-0.15, -0.1) is 0 Å². The highest BCUT2D eigenvalue weighted by Gasteiger charge is 2.60. The monoisotopic (exact) mass is 492 g/mol. The smallest absolute Gasteiger partial charge is 0.184 e. The van der Waals surface area contributed by atoms with Crippen LogP contribution in [-0.4, -0.2) is 43.1 Å². The highest BCUT2D eigenvalue weighted by Crippen LogP contribution is 2.45. The maximum atomic E-state index is 13.9. The van der Waals surface area contributed by atoms with Crippen LogP contribution in [-0.2, 0) is 24.0 Å². The predicted molar refractivity (Wildman–Crippen MR) is 132 cm³/mol. The molecule has 0 heterocycles. The van der Waals surface area contributed by atoms with E-state index in [2.05, 4.69) is 0 Å². The molecule has 0 bridgehead atoms. The van der Waals surface area contributed by atoms with Crippen molar-refractivity contribution < 1.29 is 33.4 Å². The molecule has 1 aromatic carbocycles. The molecule has 2 fully saturated rings. The van der Waals surface area contributed by atoms with Crippen LogP contribution in [0.5, 0.6) is 11.5 Å². The number of ketones is 5.